The van der Waals surface area contributed by atoms with Crippen LogP contribution in [0.2, 0.25) is 0 Å². The van der Waals surface area contributed by atoms with E-state index in [0.717, 1.165) is 46.8 Å². The van der Waals surface area contributed by atoms with Crippen molar-refractivity contribution >= 4 is 69.5 Å². The van der Waals surface area contributed by atoms with Crippen molar-refractivity contribution in [2.75, 3.05) is 24.3 Å². The van der Waals surface area contributed by atoms with E-state index in [1.807, 2.05) is 6.07 Å². The van der Waals surface area contributed by atoms with Gasteiger partial charge in [0, 0.05) is 39.8 Å². The van der Waals surface area contributed by atoms with Crippen LogP contribution in [0.15, 0.2) is 39.0 Å². The molecular formula is C24H25N6O7S3+. The lowest BCUT2D eigenvalue weighted by atomic mass is 10.0. The van der Waals surface area contributed by atoms with Crippen molar-refractivity contribution in [2.45, 2.75) is 42.1 Å². The van der Waals surface area contributed by atoms with Gasteiger partial charge in [0.2, 0.25) is 6.54 Å². The zero-order valence-electron chi connectivity index (χ0n) is 21.2. The highest BCUT2D eigenvalue weighted by Crippen LogP contribution is 2.42. The number of carboxylic acids is 2. The fourth-order valence-corrected chi connectivity index (χ4v) is 8.09. The Balaban J connectivity index is 1.31. The number of nitrogens with two attached hydrogens (primary N) is 1. The van der Waals surface area contributed by atoms with Crippen LogP contribution in [0.4, 0.5) is 5.13 Å². The topological polar surface area (TPSA) is 188 Å². The Labute approximate surface area is 240 Å². The predicted molar refractivity (Wildman–Crippen MR) is 147 cm³/mol. The molecule has 0 spiro atoms. The zero-order valence-corrected chi connectivity index (χ0v) is 23.6. The Morgan fingerprint density at radius 1 is 1.35 bits per heavy atom. The largest absolute Gasteiger partial charge is 0.477 e. The van der Waals surface area contributed by atoms with Crippen molar-refractivity contribution in [2.24, 2.45) is 5.16 Å². The summed E-state index contributed by atoms with van der Waals surface area (Å²) in [5.41, 5.74) is 8.33. The molecule has 5 N–H and O–H groups in total. The molecule has 0 unspecified atom stereocenters. The van der Waals surface area contributed by atoms with Crippen LogP contribution in [0.3, 0.4) is 0 Å². The summed E-state index contributed by atoms with van der Waals surface area (Å²) in [5, 5.41) is 26.8. The fourth-order valence-electron chi connectivity index (χ4n) is 4.95. The van der Waals surface area contributed by atoms with Crippen LogP contribution in [0.25, 0.3) is 0 Å². The number of fused-ring (bicyclic) bond motifs is 2. The number of hydrogen-bond acceptors (Lipinski definition) is 11. The number of carboxylic acid groups (broad SMARTS) is 2. The number of thiazole rings is 1. The molecule has 1 fully saturated rings. The predicted octanol–water partition coefficient (Wildman–Crippen LogP) is 0.468. The van der Waals surface area contributed by atoms with Gasteiger partial charge < -0.3 is 26.1 Å². The van der Waals surface area contributed by atoms with Gasteiger partial charge in [-0.3, -0.25) is 14.5 Å². The quantitative estimate of drug-likeness (QED) is 0.0969. The van der Waals surface area contributed by atoms with E-state index in [2.05, 4.69) is 15.5 Å². The fraction of sp³-hybridized carbons (Fsp3) is 0.375. The lowest BCUT2D eigenvalue weighted by Gasteiger charge is -2.49. The normalized spacial score (nSPS) is 20.1. The van der Waals surface area contributed by atoms with Gasteiger partial charge in [-0.2, -0.15) is 4.57 Å². The van der Waals surface area contributed by atoms with Crippen LogP contribution in [-0.4, -0.2) is 79.6 Å². The maximum Gasteiger partial charge on any atom is 0.370 e. The third kappa shape index (κ3) is 5.25. The van der Waals surface area contributed by atoms with Crippen molar-refractivity contribution < 1.29 is 38.8 Å². The average molecular weight is 606 g/mol. The van der Waals surface area contributed by atoms with Gasteiger partial charge in [-0.25, -0.2) is 14.6 Å². The Morgan fingerprint density at radius 2 is 2.15 bits per heavy atom. The number of anilines is 1. The third-order valence-electron chi connectivity index (χ3n) is 6.64. The molecule has 210 valence electrons. The molecule has 0 aromatic carbocycles. The number of carbonyl (C=O) groups is 4. The minimum absolute atomic E-state index is 0.0710. The van der Waals surface area contributed by atoms with Gasteiger partial charge in [0.05, 0.1) is 0 Å². The van der Waals surface area contributed by atoms with Gasteiger partial charge in [-0.15, -0.1) is 34.9 Å². The molecule has 2 aromatic heterocycles. The maximum atomic E-state index is 13.1. The summed E-state index contributed by atoms with van der Waals surface area (Å²) in [5.74, 6) is -2.62. The highest BCUT2D eigenvalue weighted by Gasteiger charge is 2.54. The number of pyridine rings is 1. The monoisotopic (exact) mass is 605 g/mol. The van der Waals surface area contributed by atoms with E-state index in [-0.39, 0.29) is 28.8 Å². The lowest BCUT2D eigenvalue weighted by molar-refractivity contribution is -0.693. The molecule has 1 saturated heterocycles. The molecule has 2 aromatic rings. The summed E-state index contributed by atoms with van der Waals surface area (Å²) in [6.45, 7) is -0.106. The lowest BCUT2D eigenvalue weighted by Crippen LogP contribution is -2.71. The molecule has 1 aliphatic carbocycles. The highest BCUT2D eigenvalue weighted by atomic mass is 32.2. The summed E-state index contributed by atoms with van der Waals surface area (Å²) in [7, 11) is 1.28. The van der Waals surface area contributed by atoms with E-state index in [1.165, 1.54) is 35.5 Å². The molecule has 16 heteroatoms. The summed E-state index contributed by atoms with van der Waals surface area (Å²) < 4.78 is 1.75. The van der Waals surface area contributed by atoms with Crippen LogP contribution < -0.4 is 15.6 Å². The summed E-state index contributed by atoms with van der Waals surface area (Å²) in [6.07, 6.45) is 4.30. The average Bonchev–Trinajstić information content (AvgIpc) is 3.58. The number of nitrogens with zero attached hydrogens (tertiary/aromatic N) is 4. The molecular weight excluding hydrogens is 581 g/mol. The molecule has 40 heavy (non-hydrogen) atoms. The minimum atomic E-state index is -1.21. The Hall–Kier alpha value is -3.63. The number of oxime groups is 1. The first-order chi connectivity index (χ1) is 19.2. The second kappa shape index (κ2) is 11.5. The number of hydrogen-bond donors (Lipinski definition) is 4. The Bertz CT molecular complexity index is 1470. The minimum Gasteiger partial charge on any atom is -0.477 e. The van der Waals surface area contributed by atoms with Crippen LogP contribution >= 0.6 is 34.9 Å². The number of carbonyl (C=O) groups excluding carboxylic acids is 2. The number of nitrogens with one attached hydrogen (secondary N) is 1. The SMILES string of the molecule is CO/N=C(\C(=O)N[C@@H]1C(=O)N2C(C(=O)O)=C(CSc3cc[n+](CC(=O)O)c4c3CCC4)CS[C@H]12)c1csc(N)n1. The molecule has 0 bridgehead atoms. The first-order valence-electron chi connectivity index (χ1n) is 12.1. The van der Waals surface area contributed by atoms with Crippen molar-refractivity contribution in [3.8, 4) is 0 Å². The van der Waals surface area contributed by atoms with Crippen LogP contribution in [0, 0.1) is 0 Å². The van der Waals surface area contributed by atoms with E-state index in [1.54, 1.807) is 16.1 Å². The van der Waals surface area contributed by atoms with Crippen LogP contribution in [0.1, 0.15) is 23.4 Å². The van der Waals surface area contributed by atoms with Gasteiger partial charge in [-0.05, 0) is 18.4 Å². The van der Waals surface area contributed by atoms with E-state index < -0.39 is 35.2 Å². The van der Waals surface area contributed by atoms with Crippen molar-refractivity contribution in [3.05, 3.63) is 45.9 Å². The second-order valence-electron chi connectivity index (χ2n) is 9.08. The molecule has 2 atom stereocenters. The van der Waals surface area contributed by atoms with Gasteiger partial charge in [-0.1, -0.05) is 5.16 Å². The first kappa shape index (κ1) is 27.9. The van der Waals surface area contributed by atoms with E-state index in [9.17, 15) is 29.4 Å². The first-order valence-corrected chi connectivity index (χ1v) is 15.0. The van der Waals surface area contributed by atoms with Crippen LogP contribution in [0.5, 0.6) is 0 Å². The molecule has 0 saturated carbocycles. The van der Waals surface area contributed by atoms with Crippen LogP contribution in [-0.2, 0) is 43.4 Å². The molecule has 0 radical (unpaired) electrons. The molecule has 13 nitrogen and oxygen atoms in total. The molecule has 3 aliphatic rings. The van der Waals surface area contributed by atoms with E-state index >= 15 is 0 Å². The van der Waals surface area contributed by atoms with Gasteiger partial charge >= 0.3 is 11.9 Å². The number of rotatable bonds is 10. The van der Waals surface area contributed by atoms with E-state index in [0.29, 0.717) is 17.1 Å². The molecule has 4 heterocycles. The molecule has 5 rings (SSSR count). The summed E-state index contributed by atoms with van der Waals surface area (Å²) in [6, 6.07) is 0.925. The molecule has 2 aliphatic heterocycles. The maximum absolute atomic E-state index is 13.1. The molecule has 2 amide bonds. The zero-order chi connectivity index (χ0) is 28.6. The standard InChI is InChI=1S/C24H24N6O7S3/c1-37-28-17(13-10-40-24(25)26-13)20(33)27-18-21(34)30-19(23(35)36)11(9-39-22(18)30)8-38-15-5-6-29(7-16(31)32)14-4-2-3-12(14)15/h5-6,10,18,22H,2-4,7-9H2,1H3,(H4-,25,26,27,31,32,33,35,36)/p+1/b28-17-/t18-,22-/m1/s1. The number of amides is 2. The Kier molecular flexibility index (Phi) is 8.00. The number of β-lactam (4-membered cyclic amide) rings is 1. The number of thioether (sulfide) groups is 2. The number of aromatic nitrogens is 2. The summed E-state index contributed by atoms with van der Waals surface area (Å²) >= 11 is 3.98. The van der Waals surface area contributed by atoms with Crippen molar-refractivity contribution in [1.29, 1.82) is 0 Å². The third-order valence-corrected chi connectivity index (χ3v) is 9.84. The van der Waals surface area contributed by atoms with E-state index in [4.69, 9.17) is 10.6 Å². The van der Waals surface area contributed by atoms with Gasteiger partial charge in [0.25, 0.3) is 11.8 Å². The van der Waals surface area contributed by atoms with Crippen molar-refractivity contribution in [1.82, 2.24) is 15.2 Å². The highest BCUT2D eigenvalue weighted by molar-refractivity contribution is 8.01. The Morgan fingerprint density at radius 3 is 2.83 bits per heavy atom. The van der Waals surface area contributed by atoms with Crippen molar-refractivity contribution in [3.63, 3.8) is 0 Å². The summed E-state index contributed by atoms with van der Waals surface area (Å²) in [4.78, 5) is 60.6. The van der Waals surface area contributed by atoms with Gasteiger partial charge in [0.15, 0.2) is 22.7 Å². The second-order valence-corrected chi connectivity index (χ2v) is 12.1. The smallest absolute Gasteiger partial charge is 0.370 e. The number of nitrogen functional groups attached to an aromatic ring is 1. The number of aliphatic carboxylic acids is 2. The van der Waals surface area contributed by atoms with Gasteiger partial charge in [0.1, 0.15) is 29.9 Å².